The van der Waals surface area contributed by atoms with Gasteiger partial charge in [-0.05, 0) is 50.0 Å². The third-order valence-electron chi connectivity index (χ3n) is 4.72. The molecule has 2 nitrogen and oxygen atoms in total. The molecule has 0 radical (unpaired) electrons. The number of thiophene rings is 1. The van der Waals surface area contributed by atoms with Crippen LogP contribution in [0.15, 0.2) is 24.0 Å². The molecule has 4 heteroatoms. The summed E-state index contributed by atoms with van der Waals surface area (Å²) in [6.07, 6.45) is 7.24. The fourth-order valence-corrected chi connectivity index (χ4v) is 4.72. The van der Waals surface area contributed by atoms with Crippen molar-refractivity contribution < 1.29 is 4.39 Å². The molecular weight excluding hydrogens is 259 g/mol. The van der Waals surface area contributed by atoms with Crippen LogP contribution in [0.1, 0.15) is 43.5 Å². The summed E-state index contributed by atoms with van der Waals surface area (Å²) in [6.45, 7) is 1.75. The summed E-state index contributed by atoms with van der Waals surface area (Å²) in [5, 5.41) is 2.16. The number of nitrogens with zero attached hydrogens (tertiary/aromatic N) is 2. The van der Waals surface area contributed by atoms with E-state index >= 15 is 0 Å². The van der Waals surface area contributed by atoms with Crippen molar-refractivity contribution in [3.05, 3.63) is 28.8 Å². The molecule has 0 N–H and O–H groups in total. The number of alkyl halides is 1. The highest BCUT2D eigenvalue weighted by Crippen LogP contribution is 2.50. The Kier molecular flexibility index (Phi) is 2.40. The van der Waals surface area contributed by atoms with Gasteiger partial charge >= 0.3 is 0 Å². The van der Waals surface area contributed by atoms with E-state index in [1.165, 1.54) is 16.1 Å². The highest BCUT2D eigenvalue weighted by atomic mass is 32.1. The smallest absolute Gasteiger partial charge is 0.108 e. The molecule has 1 aliphatic carbocycles. The van der Waals surface area contributed by atoms with Gasteiger partial charge in [0.05, 0.1) is 24.3 Å². The van der Waals surface area contributed by atoms with Crippen LogP contribution in [-0.2, 0) is 0 Å². The molecule has 0 bridgehead atoms. The van der Waals surface area contributed by atoms with E-state index in [2.05, 4.69) is 21.0 Å². The van der Waals surface area contributed by atoms with E-state index in [0.29, 0.717) is 24.8 Å². The Morgan fingerprint density at radius 1 is 1.42 bits per heavy atom. The summed E-state index contributed by atoms with van der Waals surface area (Å²) < 4.78 is 16.3. The van der Waals surface area contributed by atoms with Crippen molar-refractivity contribution in [2.24, 2.45) is 5.92 Å². The van der Waals surface area contributed by atoms with E-state index in [-0.39, 0.29) is 0 Å². The van der Waals surface area contributed by atoms with Crippen molar-refractivity contribution in [1.29, 1.82) is 0 Å². The molecule has 2 aromatic heterocycles. The maximum absolute atomic E-state index is 14.0. The van der Waals surface area contributed by atoms with Crippen LogP contribution in [0.5, 0.6) is 0 Å². The Morgan fingerprint density at radius 3 is 3.00 bits per heavy atom. The van der Waals surface area contributed by atoms with E-state index in [0.717, 1.165) is 12.8 Å². The van der Waals surface area contributed by atoms with Gasteiger partial charge in [-0.1, -0.05) is 0 Å². The zero-order valence-electron chi connectivity index (χ0n) is 11.0. The molecule has 19 heavy (non-hydrogen) atoms. The van der Waals surface area contributed by atoms with E-state index in [4.69, 9.17) is 0 Å². The normalized spacial score (nSPS) is 33.2. The average Bonchev–Trinajstić information content (AvgIpc) is 3.02. The Morgan fingerprint density at radius 2 is 2.21 bits per heavy atom. The van der Waals surface area contributed by atoms with Gasteiger partial charge in [-0.15, -0.1) is 11.3 Å². The van der Waals surface area contributed by atoms with Crippen molar-refractivity contribution in [3.63, 3.8) is 0 Å². The minimum absolute atomic E-state index is 0.392. The van der Waals surface area contributed by atoms with Crippen molar-refractivity contribution >= 4 is 11.3 Å². The molecule has 100 valence electrons. The van der Waals surface area contributed by atoms with Crippen LogP contribution in [0.4, 0.5) is 4.39 Å². The van der Waals surface area contributed by atoms with Crippen molar-refractivity contribution in [3.8, 4) is 11.3 Å². The minimum Gasteiger partial charge on any atom is -0.322 e. The van der Waals surface area contributed by atoms with Crippen LogP contribution in [0.25, 0.3) is 11.3 Å². The van der Waals surface area contributed by atoms with E-state index in [1.54, 1.807) is 6.92 Å². The predicted octanol–water partition coefficient (Wildman–Crippen LogP) is 4.43. The monoisotopic (exact) mass is 276 g/mol. The van der Waals surface area contributed by atoms with Gasteiger partial charge < -0.3 is 4.57 Å². The van der Waals surface area contributed by atoms with Gasteiger partial charge in [0.15, 0.2) is 0 Å². The molecular formula is C15H17FN2S. The van der Waals surface area contributed by atoms with Crippen LogP contribution in [0.3, 0.4) is 0 Å². The molecule has 0 unspecified atom stereocenters. The molecule has 0 aromatic carbocycles. The van der Waals surface area contributed by atoms with E-state index in [9.17, 15) is 4.39 Å². The second kappa shape index (κ2) is 3.92. The SMILES string of the molecule is CC1(F)CCC([C@H]2c3sccc3-c3cncn32)CC1. The Hall–Kier alpha value is -1.16. The van der Waals surface area contributed by atoms with Crippen LogP contribution in [-0.4, -0.2) is 15.2 Å². The number of hydrogen-bond donors (Lipinski definition) is 0. The van der Waals surface area contributed by atoms with Gasteiger partial charge in [0.25, 0.3) is 0 Å². The summed E-state index contributed by atoms with van der Waals surface area (Å²) in [6, 6.07) is 2.58. The second-order valence-corrected chi connectivity index (χ2v) is 7.03. The average molecular weight is 276 g/mol. The zero-order chi connectivity index (χ0) is 13.0. The van der Waals surface area contributed by atoms with Crippen molar-refractivity contribution in [1.82, 2.24) is 9.55 Å². The van der Waals surface area contributed by atoms with E-state index < -0.39 is 5.67 Å². The lowest BCUT2D eigenvalue weighted by atomic mass is 9.77. The summed E-state index contributed by atoms with van der Waals surface area (Å²) in [4.78, 5) is 5.74. The maximum Gasteiger partial charge on any atom is 0.108 e. The van der Waals surface area contributed by atoms with Crippen LogP contribution < -0.4 is 0 Å². The zero-order valence-corrected chi connectivity index (χ0v) is 11.8. The fourth-order valence-electron chi connectivity index (χ4n) is 3.62. The molecule has 2 aromatic rings. The summed E-state index contributed by atoms with van der Waals surface area (Å²) >= 11 is 1.83. The quantitative estimate of drug-likeness (QED) is 0.753. The lowest BCUT2D eigenvalue weighted by Gasteiger charge is -2.34. The largest absolute Gasteiger partial charge is 0.322 e. The van der Waals surface area contributed by atoms with Gasteiger partial charge in [-0.25, -0.2) is 9.37 Å². The first-order valence-corrected chi connectivity index (χ1v) is 7.82. The predicted molar refractivity (Wildman–Crippen MR) is 75.2 cm³/mol. The van der Waals surface area contributed by atoms with Gasteiger partial charge in [0.2, 0.25) is 0 Å². The third kappa shape index (κ3) is 1.69. The fraction of sp³-hybridized carbons (Fsp3) is 0.533. The molecule has 0 saturated heterocycles. The molecule has 1 fully saturated rings. The number of imidazole rings is 1. The van der Waals surface area contributed by atoms with Crippen LogP contribution in [0.2, 0.25) is 0 Å². The molecule has 1 saturated carbocycles. The first-order chi connectivity index (χ1) is 9.16. The van der Waals surface area contributed by atoms with Gasteiger partial charge in [-0.2, -0.15) is 0 Å². The number of rotatable bonds is 1. The van der Waals surface area contributed by atoms with Gasteiger partial charge in [-0.3, -0.25) is 0 Å². The Balaban J connectivity index is 1.70. The standard InChI is InChI=1S/C15H17FN2S/c1-15(16)5-2-10(3-6-15)13-14-11(4-7-19-14)12-8-17-9-18(12)13/h4,7-10,13H,2-3,5-6H2,1H3/t10?,13-,15?/m0/s1. The Bertz CT molecular complexity index is 563. The Labute approximate surface area is 116 Å². The summed E-state index contributed by atoms with van der Waals surface area (Å²) in [5.41, 5.74) is 1.61. The summed E-state index contributed by atoms with van der Waals surface area (Å²) in [5.74, 6) is 0.552. The summed E-state index contributed by atoms with van der Waals surface area (Å²) in [7, 11) is 0. The lowest BCUT2D eigenvalue weighted by Crippen LogP contribution is -2.29. The first-order valence-electron chi connectivity index (χ1n) is 6.94. The second-order valence-electron chi connectivity index (χ2n) is 6.08. The molecule has 4 rings (SSSR count). The first kappa shape index (κ1) is 11.6. The topological polar surface area (TPSA) is 17.8 Å². The van der Waals surface area contributed by atoms with Gasteiger partial charge in [0.1, 0.15) is 5.67 Å². The molecule has 0 amide bonds. The van der Waals surface area contributed by atoms with E-state index in [1.807, 2.05) is 23.9 Å². The number of aromatic nitrogens is 2. The highest BCUT2D eigenvalue weighted by molar-refractivity contribution is 7.10. The van der Waals surface area contributed by atoms with Crippen molar-refractivity contribution in [2.45, 2.75) is 44.3 Å². The maximum atomic E-state index is 14.0. The molecule has 1 atom stereocenters. The number of hydrogen-bond acceptors (Lipinski definition) is 2. The molecule has 3 heterocycles. The van der Waals surface area contributed by atoms with Gasteiger partial charge in [0, 0.05) is 10.4 Å². The molecule has 2 aliphatic rings. The minimum atomic E-state index is -0.953. The molecule has 1 aliphatic heterocycles. The highest BCUT2D eigenvalue weighted by Gasteiger charge is 2.40. The number of halogens is 1. The molecule has 0 spiro atoms. The number of fused-ring (bicyclic) bond motifs is 3. The van der Waals surface area contributed by atoms with Crippen LogP contribution in [0, 0.1) is 5.92 Å². The van der Waals surface area contributed by atoms with Crippen LogP contribution >= 0.6 is 11.3 Å². The third-order valence-corrected chi connectivity index (χ3v) is 5.71. The lowest BCUT2D eigenvalue weighted by molar-refractivity contribution is 0.0924. The van der Waals surface area contributed by atoms with Crippen molar-refractivity contribution in [2.75, 3.05) is 0 Å².